The number of anilines is 1. The van der Waals surface area contributed by atoms with E-state index in [0.717, 1.165) is 0 Å². The summed E-state index contributed by atoms with van der Waals surface area (Å²) in [5.41, 5.74) is 1.16. The van der Waals surface area contributed by atoms with E-state index in [1.54, 1.807) is 62.0 Å². The number of hydrogen-bond acceptors (Lipinski definition) is 4. The lowest BCUT2D eigenvalue weighted by Gasteiger charge is -2.09. The van der Waals surface area contributed by atoms with Crippen molar-refractivity contribution in [1.82, 2.24) is 4.98 Å². The van der Waals surface area contributed by atoms with Crippen molar-refractivity contribution in [3.63, 3.8) is 0 Å². The fourth-order valence-corrected chi connectivity index (χ4v) is 2.15. The van der Waals surface area contributed by atoms with Gasteiger partial charge >= 0.3 is 0 Å². The van der Waals surface area contributed by atoms with E-state index < -0.39 is 0 Å². The SMILES string of the molecule is COc1cccc(C(=O)Nc2cccc(Oc3cccnc3)c2)c1. The highest BCUT2D eigenvalue weighted by molar-refractivity contribution is 6.04. The van der Waals surface area contributed by atoms with Gasteiger partial charge in [-0.15, -0.1) is 0 Å². The quantitative estimate of drug-likeness (QED) is 0.767. The first-order chi connectivity index (χ1) is 11.7. The van der Waals surface area contributed by atoms with Crippen LogP contribution in [0.3, 0.4) is 0 Å². The first-order valence-electron chi connectivity index (χ1n) is 7.38. The molecule has 0 aliphatic rings. The standard InChI is InChI=1S/C19H16N2O3/c1-23-16-7-2-5-14(11-16)19(22)21-15-6-3-8-17(12-15)24-18-9-4-10-20-13-18/h2-13H,1H3,(H,21,22). The summed E-state index contributed by atoms with van der Waals surface area (Å²) in [6.07, 6.45) is 3.30. The van der Waals surface area contributed by atoms with Crippen LogP contribution >= 0.6 is 0 Å². The Morgan fingerprint density at radius 3 is 2.54 bits per heavy atom. The van der Waals surface area contributed by atoms with Crippen LogP contribution < -0.4 is 14.8 Å². The molecule has 5 heteroatoms. The Morgan fingerprint density at radius 2 is 1.75 bits per heavy atom. The van der Waals surface area contributed by atoms with Gasteiger partial charge in [0.25, 0.3) is 5.91 Å². The third-order valence-electron chi connectivity index (χ3n) is 3.29. The monoisotopic (exact) mass is 320 g/mol. The fourth-order valence-electron chi connectivity index (χ4n) is 2.15. The molecule has 0 bridgehead atoms. The molecule has 2 aromatic carbocycles. The maximum atomic E-state index is 12.3. The van der Waals surface area contributed by atoms with Crippen molar-refractivity contribution in [2.75, 3.05) is 12.4 Å². The van der Waals surface area contributed by atoms with Gasteiger partial charge in [0.2, 0.25) is 0 Å². The topological polar surface area (TPSA) is 60.5 Å². The van der Waals surface area contributed by atoms with E-state index in [1.165, 1.54) is 0 Å². The number of nitrogens with zero attached hydrogens (tertiary/aromatic N) is 1. The molecule has 0 saturated carbocycles. The summed E-state index contributed by atoms with van der Waals surface area (Å²) in [6.45, 7) is 0. The largest absolute Gasteiger partial charge is 0.497 e. The van der Waals surface area contributed by atoms with Crippen molar-refractivity contribution in [3.05, 3.63) is 78.6 Å². The van der Waals surface area contributed by atoms with Gasteiger partial charge < -0.3 is 14.8 Å². The summed E-state index contributed by atoms with van der Waals surface area (Å²) in [5, 5.41) is 2.85. The molecular formula is C19H16N2O3. The molecule has 0 atom stereocenters. The number of methoxy groups -OCH3 is 1. The highest BCUT2D eigenvalue weighted by atomic mass is 16.5. The van der Waals surface area contributed by atoms with Crippen molar-refractivity contribution in [2.45, 2.75) is 0 Å². The summed E-state index contributed by atoms with van der Waals surface area (Å²) in [6, 6.07) is 17.8. The lowest BCUT2D eigenvalue weighted by Crippen LogP contribution is -2.11. The zero-order chi connectivity index (χ0) is 16.8. The number of benzene rings is 2. The summed E-state index contributed by atoms with van der Waals surface area (Å²) in [5.74, 6) is 1.67. The lowest BCUT2D eigenvalue weighted by molar-refractivity contribution is 0.102. The maximum Gasteiger partial charge on any atom is 0.255 e. The van der Waals surface area contributed by atoms with E-state index in [-0.39, 0.29) is 5.91 Å². The number of carbonyl (C=O) groups is 1. The van der Waals surface area contributed by atoms with E-state index in [4.69, 9.17) is 9.47 Å². The predicted octanol–water partition coefficient (Wildman–Crippen LogP) is 4.13. The third kappa shape index (κ3) is 3.89. The Morgan fingerprint density at radius 1 is 0.958 bits per heavy atom. The predicted molar refractivity (Wildman–Crippen MR) is 91.7 cm³/mol. The molecule has 24 heavy (non-hydrogen) atoms. The molecule has 3 aromatic rings. The van der Waals surface area contributed by atoms with Crippen LogP contribution in [0.2, 0.25) is 0 Å². The van der Waals surface area contributed by atoms with Crippen LogP contribution in [0.25, 0.3) is 0 Å². The van der Waals surface area contributed by atoms with Gasteiger partial charge in [-0.2, -0.15) is 0 Å². The van der Waals surface area contributed by atoms with Gasteiger partial charge in [0.1, 0.15) is 17.2 Å². The molecule has 0 fully saturated rings. The molecule has 0 unspecified atom stereocenters. The molecule has 0 radical (unpaired) electrons. The summed E-state index contributed by atoms with van der Waals surface area (Å²) < 4.78 is 10.8. The lowest BCUT2D eigenvalue weighted by atomic mass is 10.2. The van der Waals surface area contributed by atoms with Gasteiger partial charge in [-0.05, 0) is 42.5 Å². The van der Waals surface area contributed by atoms with Crippen LogP contribution in [-0.2, 0) is 0 Å². The zero-order valence-electron chi connectivity index (χ0n) is 13.1. The molecule has 0 aliphatic heterocycles. The third-order valence-corrected chi connectivity index (χ3v) is 3.29. The van der Waals surface area contributed by atoms with E-state index in [0.29, 0.717) is 28.5 Å². The number of rotatable bonds is 5. The first kappa shape index (κ1) is 15.6. The van der Waals surface area contributed by atoms with Gasteiger partial charge in [0.15, 0.2) is 0 Å². The molecule has 0 aliphatic carbocycles. The molecular weight excluding hydrogens is 304 g/mol. The van der Waals surface area contributed by atoms with Crippen LogP contribution in [0.5, 0.6) is 17.2 Å². The second-order valence-corrected chi connectivity index (χ2v) is 5.00. The number of nitrogens with one attached hydrogen (secondary N) is 1. The fraction of sp³-hybridized carbons (Fsp3) is 0.0526. The average Bonchev–Trinajstić information content (AvgIpc) is 2.63. The highest BCUT2D eigenvalue weighted by Crippen LogP contribution is 2.24. The molecule has 1 N–H and O–H groups in total. The van der Waals surface area contributed by atoms with E-state index in [2.05, 4.69) is 10.3 Å². The van der Waals surface area contributed by atoms with Crippen LogP contribution in [0.15, 0.2) is 73.1 Å². The van der Waals surface area contributed by atoms with Crippen LogP contribution in [0.1, 0.15) is 10.4 Å². The highest BCUT2D eigenvalue weighted by Gasteiger charge is 2.08. The minimum absolute atomic E-state index is 0.215. The Labute approximate surface area is 139 Å². The molecule has 120 valence electrons. The minimum Gasteiger partial charge on any atom is -0.497 e. The van der Waals surface area contributed by atoms with Gasteiger partial charge in [-0.25, -0.2) is 0 Å². The summed E-state index contributed by atoms with van der Waals surface area (Å²) in [7, 11) is 1.57. The second kappa shape index (κ2) is 7.28. The normalized spacial score (nSPS) is 10.0. The van der Waals surface area contributed by atoms with Crippen molar-refractivity contribution < 1.29 is 14.3 Å². The molecule has 1 heterocycles. The van der Waals surface area contributed by atoms with Crippen LogP contribution in [0, 0.1) is 0 Å². The molecule has 1 aromatic heterocycles. The van der Waals surface area contributed by atoms with Gasteiger partial charge in [0.05, 0.1) is 13.3 Å². The Kier molecular flexibility index (Phi) is 4.72. The second-order valence-electron chi connectivity index (χ2n) is 5.00. The van der Waals surface area contributed by atoms with Crippen LogP contribution in [0.4, 0.5) is 5.69 Å². The molecule has 5 nitrogen and oxygen atoms in total. The van der Waals surface area contributed by atoms with Crippen LogP contribution in [-0.4, -0.2) is 18.0 Å². The summed E-state index contributed by atoms with van der Waals surface area (Å²) >= 11 is 0. The maximum absolute atomic E-state index is 12.3. The van der Waals surface area contributed by atoms with Crippen molar-refractivity contribution >= 4 is 11.6 Å². The molecule has 0 spiro atoms. The minimum atomic E-state index is -0.215. The smallest absolute Gasteiger partial charge is 0.255 e. The Hall–Kier alpha value is -3.34. The number of amides is 1. The number of ether oxygens (including phenoxy) is 2. The Bertz CT molecular complexity index is 835. The van der Waals surface area contributed by atoms with E-state index in [9.17, 15) is 4.79 Å². The van der Waals surface area contributed by atoms with Gasteiger partial charge in [-0.1, -0.05) is 12.1 Å². The number of carbonyl (C=O) groups excluding carboxylic acids is 1. The van der Waals surface area contributed by atoms with E-state index in [1.807, 2.05) is 18.2 Å². The molecule has 3 rings (SSSR count). The zero-order valence-corrected chi connectivity index (χ0v) is 13.1. The number of hydrogen-bond donors (Lipinski definition) is 1. The van der Waals surface area contributed by atoms with Crippen molar-refractivity contribution in [3.8, 4) is 17.2 Å². The summed E-state index contributed by atoms with van der Waals surface area (Å²) in [4.78, 5) is 16.3. The van der Waals surface area contributed by atoms with Crippen molar-refractivity contribution in [2.24, 2.45) is 0 Å². The average molecular weight is 320 g/mol. The molecule has 0 saturated heterocycles. The number of aromatic nitrogens is 1. The van der Waals surface area contributed by atoms with E-state index >= 15 is 0 Å². The molecule has 1 amide bonds. The number of pyridine rings is 1. The van der Waals surface area contributed by atoms with Gasteiger partial charge in [-0.3, -0.25) is 9.78 Å². The Balaban J connectivity index is 1.73. The van der Waals surface area contributed by atoms with Gasteiger partial charge in [0, 0.05) is 23.5 Å². The first-order valence-corrected chi connectivity index (χ1v) is 7.38. The van der Waals surface area contributed by atoms with Crippen molar-refractivity contribution in [1.29, 1.82) is 0 Å².